The summed E-state index contributed by atoms with van der Waals surface area (Å²) in [6, 6.07) is 14.2. The Bertz CT molecular complexity index is 939. The molecule has 6 nitrogen and oxygen atoms in total. The molecule has 2 aromatic carbocycles. The predicted octanol–water partition coefficient (Wildman–Crippen LogP) is 3.23. The fourth-order valence-electron chi connectivity index (χ4n) is 3.53. The van der Waals surface area contributed by atoms with Crippen molar-refractivity contribution in [3.63, 3.8) is 0 Å². The fraction of sp³-hybridized carbons (Fsp3) is 0.409. The third kappa shape index (κ3) is 5.36. The molecule has 1 atom stereocenters. The number of methoxy groups -OCH3 is 1. The molecule has 1 heterocycles. The van der Waals surface area contributed by atoms with E-state index in [1.165, 1.54) is 24.8 Å². The van der Waals surface area contributed by atoms with E-state index in [1.807, 2.05) is 37.3 Å². The minimum atomic E-state index is -3.74. The topological polar surface area (TPSA) is 75.7 Å². The second-order valence-corrected chi connectivity index (χ2v) is 9.12. The van der Waals surface area contributed by atoms with E-state index in [1.54, 1.807) is 11.0 Å². The molecule has 7 heteroatoms. The van der Waals surface area contributed by atoms with E-state index in [2.05, 4.69) is 4.72 Å². The summed E-state index contributed by atoms with van der Waals surface area (Å²) in [7, 11) is -2.26. The number of nitrogens with one attached hydrogen (secondary N) is 1. The molecule has 1 aliphatic rings. The maximum atomic E-state index is 12.9. The Morgan fingerprint density at radius 1 is 1.14 bits per heavy atom. The first-order valence-electron chi connectivity index (χ1n) is 9.94. The van der Waals surface area contributed by atoms with Crippen molar-refractivity contribution in [2.75, 3.05) is 20.2 Å². The lowest BCUT2D eigenvalue weighted by atomic mass is 10.1. The number of benzene rings is 2. The minimum absolute atomic E-state index is 0.0763. The van der Waals surface area contributed by atoms with Gasteiger partial charge in [0.15, 0.2) is 0 Å². The van der Waals surface area contributed by atoms with Crippen molar-refractivity contribution in [2.24, 2.45) is 0 Å². The van der Waals surface area contributed by atoms with Gasteiger partial charge in [-0.2, -0.15) is 0 Å². The van der Waals surface area contributed by atoms with E-state index < -0.39 is 10.0 Å². The number of carbonyl (C=O) groups excluding carboxylic acids is 1. The summed E-state index contributed by atoms with van der Waals surface area (Å²) in [5.74, 6) is 0.200. The van der Waals surface area contributed by atoms with Crippen molar-refractivity contribution in [2.45, 2.75) is 43.5 Å². The summed E-state index contributed by atoms with van der Waals surface area (Å²) >= 11 is 0. The van der Waals surface area contributed by atoms with Crippen molar-refractivity contribution in [3.8, 4) is 5.75 Å². The monoisotopic (exact) mass is 416 g/mol. The molecule has 0 aliphatic carbocycles. The standard InChI is InChI=1S/C22H28N2O4S/c1-17(10-11-18-8-4-3-5-9-18)23-29(26,27)19-12-13-21(28-2)20(16-19)22(25)24-14-6-7-15-24/h3-5,8-9,12-13,16-17,23H,6-7,10-11,14-15H2,1-2H3/t17-/m0/s1. The average molecular weight is 417 g/mol. The molecule has 0 saturated carbocycles. The zero-order valence-electron chi connectivity index (χ0n) is 16.9. The van der Waals surface area contributed by atoms with Gasteiger partial charge >= 0.3 is 0 Å². The van der Waals surface area contributed by atoms with Crippen LogP contribution >= 0.6 is 0 Å². The number of aryl methyl sites for hydroxylation is 1. The van der Waals surface area contributed by atoms with Crippen molar-refractivity contribution in [3.05, 3.63) is 59.7 Å². The number of carbonyl (C=O) groups is 1. The highest BCUT2D eigenvalue weighted by Gasteiger charge is 2.25. The molecule has 0 unspecified atom stereocenters. The number of hydrogen-bond acceptors (Lipinski definition) is 4. The van der Waals surface area contributed by atoms with Crippen LogP contribution in [0.2, 0.25) is 0 Å². The molecule has 0 radical (unpaired) electrons. The van der Waals surface area contributed by atoms with Gasteiger partial charge in [0, 0.05) is 19.1 Å². The van der Waals surface area contributed by atoms with Crippen LogP contribution in [0.4, 0.5) is 0 Å². The lowest BCUT2D eigenvalue weighted by Crippen LogP contribution is -2.33. The summed E-state index contributed by atoms with van der Waals surface area (Å²) in [5.41, 5.74) is 1.45. The van der Waals surface area contributed by atoms with E-state index in [4.69, 9.17) is 4.74 Å². The van der Waals surface area contributed by atoms with Crippen LogP contribution in [-0.2, 0) is 16.4 Å². The number of sulfonamides is 1. The van der Waals surface area contributed by atoms with Crippen LogP contribution in [0.15, 0.2) is 53.4 Å². The second-order valence-electron chi connectivity index (χ2n) is 7.41. The SMILES string of the molecule is COc1ccc(S(=O)(=O)N[C@@H](C)CCc2ccccc2)cc1C(=O)N1CCCC1. The van der Waals surface area contributed by atoms with Gasteiger partial charge in [0.1, 0.15) is 5.75 Å². The first kappa shape index (κ1) is 21.3. The normalized spacial score (nSPS) is 15.3. The molecule has 1 fully saturated rings. The van der Waals surface area contributed by atoms with Crippen molar-refractivity contribution >= 4 is 15.9 Å². The third-order valence-corrected chi connectivity index (χ3v) is 6.76. The average Bonchev–Trinajstić information content (AvgIpc) is 3.26. The van der Waals surface area contributed by atoms with Crippen LogP contribution in [0.3, 0.4) is 0 Å². The van der Waals surface area contributed by atoms with E-state index in [-0.39, 0.29) is 22.4 Å². The number of ether oxygens (including phenoxy) is 1. The van der Waals surface area contributed by atoms with Crippen LogP contribution in [0.25, 0.3) is 0 Å². The molecular formula is C22H28N2O4S. The minimum Gasteiger partial charge on any atom is -0.496 e. The molecule has 1 amide bonds. The number of likely N-dealkylation sites (tertiary alicyclic amines) is 1. The summed E-state index contributed by atoms with van der Waals surface area (Å²) < 4.78 is 33.8. The molecule has 156 valence electrons. The van der Waals surface area contributed by atoms with Gasteiger partial charge in [-0.05, 0) is 56.4 Å². The maximum absolute atomic E-state index is 12.9. The molecule has 1 aliphatic heterocycles. The van der Waals surface area contributed by atoms with Crippen molar-refractivity contribution in [1.82, 2.24) is 9.62 Å². The molecular weight excluding hydrogens is 388 g/mol. The smallest absolute Gasteiger partial charge is 0.257 e. The third-order valence-electron chi connectivity index (χ3n) is 5.17. The van der Waals surface area contributed by atoms with E-state index in [9.17, 15) is 13.2 Å². The van der Waals surface area contributed by atoms with Crippen LogP contribution in [0.5, 0.6) is 5.75 Å². The predicted molar refractivity (Wildman–Crippen MR) is 113 cm³/mol. The summed E-state index contributed by atoms with van der Waals surface area (Å²) in [6.45, 7) is 3.22. The molecule has 2 aromatic rings. The Morgan fingerprint density at radius 3 is 2.48 bits per heavy atom. The van der Waals surface area contributed by atoms with Crippen molar-refractivity contribution in [1.29, 1.82) is 0 Å². The lowest BCUT2D eigenvalue weighted by molar-refractivity contribution is 0.0789. The fourth-order valence-corrected chi connectivity index (χ4v) is 4.84. The molecule has 0 aromatic heterocycles. The van der Waals surface area contributed by atoms with Gasteiger partial charge in [0.2, 0.25) is 10.0 Å². The van der Waals surface area contributed by atoms with Crippen LogP contribution in [0, 0.1) is 0 Å². The Hall–Kier alpha value is -2.38. The first-order valence-corrected chi connectivity index (χ1v) is 11.4. The highest BCUT2D eigenvalue weighted by Crippen LogP contribution is 2.25. The summed E-state index contributed by atoms with van der Waals surface area (Å²) in [6.07, 6.45) is 3.39. The van der Waals surface area contributed by atoms with Crippen LogP contribution in [0.1, 0.15) is 42.1 Å². The quantitative estimate of drug-likeness (QED) is 0.717. The maximum Gasteiger partial charge on any atom is 0.257 e. The Labute approximate surface area is 172 Å². The molecule has 1 saturated heterocycles. The van der Waals surface area contributed by atoms with Gasteiger partial charge < -0.3 is 9.64 Å². The van der Waals surface area contributed by atoms with Gasteiger partial charge in [-0.3, -0.25) is 4.79 Å². The molecule has 0 bridgehead atoms. The highest BCUT2D eigenvalue weighted by molar-refractivity contribution is 7.89. The van der Waals surface area contributed by atoms with Gasteiger partial charge in [0.25, 0.3) is 5.91 Å². The Morgan fingerprint density at radius 2 is 1.83 bits per heavy atom. The summed E-state index contributed by atoms with van der Waals surface area (Å²) in [5, 5.41) is 0. The van der Waals surface area contributed by atoms with Gasteiger partial charge in [-0.1, -0.05) is 30.3 Å². The highest BCUT2D eigenvalue weighted by atomic mass is 32.2. The lowest BCUT2D eigenvalue weighted by Gasteiger charge is -2.19. The summed E-state index contributed by atoms with van der Waals surface area (Å²) in [4.78, 5) is 14.6. The zero-order chi connectivity index (χ0) is 20.9. The molecule has 29 heavy (non-hydrogen) atoms. The van der Waals surface area contributed by atoms with Gasteiger partial charge in [-0.15, -0.1) is 0 Å². The van der Waals surface area contributed by atoms with Crippen LogP contribution < -0.4 is 9.46 Å². The number of rotatable bonds is 8. The van der Waals surface area contributed by atoms with E-state index in [0.717, 1.165) is 19.3 Å². The molecule has 1 N–H and O–H groups in total. The number of amides is 1. The van der Waals surface area contributed by atoms with Crippen molar-refractivity contribution < 1.29 is 17.9 Å². The Kier molecular flexibility index (Phi) is 6.92. The van der Waals surface area contributed by atoms with E-state index >= 15 is 0 Å². The number of nitrogens with zero attached hydrogens (tertiary/aromatic N) is 1. The molecule has 0 spiro atoms. The van der Waals surface area contributed by atoms with E-state index in [0.29, 0.717) is 25.3 Å². The van der Waals surface area contributed by atoms with Gasteiger partial charge in [0.05, 0.1) is 17.6 Å². The first-order chi connectivity index (χ1) is 13.9. The zero-order valence-corrected chi connectivity index (χ0v) is 17.7. The largest absolute Gasteiger partial charge is 0.496 e. The Balaban J connectivity index is 1.73. The number of hydrogen-bond donors (Lipinski definition) is 1. The van der Waals surface area contributed by atoms with Gasteiger partial charge in [-0.25, -0.2) is 13.1 Å². The molecule has 3 rings (SSSR count). The van der Waals surface area contributed by atoms with Crippen LogP contribution in [-0.4, -0.2) is 45.5 Å². The second kappa shape index (κ2) is 9.41.